The van der Waals surface area contributed by atoms with Gasteiger partial charge < -0.3 is 8.83 Å². The molecule has 1 amide bonds. The maximum Gasteiger partial charge on any atom is 0.302 e. The van der Waals surface area contributed by atoms with Crippen LogP contribution >= 0.6 is 0 Å². The van der Waals surface area contributed by atoms with E-state index >= 15 is 0 Å². The van der Waals surface area contributed by atoms with Crippen LogP contribution in [0.5, 0.6) is 0 Å². The van der Waals surface area contributed by atoms with E-state index in [1.807, 2.05) is 13.0 Å². The third-order valence-electron chi connectivity index (χ3n) is 4.48. The number of benzene rings is 1. The number of nitrogens with one attached hydrogen (secondary N) is 1. The molecule has 1 aromatic carbocycles. The average Bonchev–Trinajstić information content (AvgIpc) is 3.41. The molecule has 0 bridgehead atoms. The van der Waals surface area contributed by atoms with Gasteiger partial charge in [0.1, 0.15) is 17.1 Å². The largest absolute Gasteiger partial charge is 0.438 e. The Morgan fingerprint density at radius 2 is 1.84 bits per heavy atom. The van der Waals surface area contributed by atoms with E-state index in [2.05, 4.69) is 20.3 Å². The summed E-state index contributed by atoms with van der Waals surface area (Å²) in [5.74, 6) is -0.0675. The molecule has 0 aliphatic heterocycles. The van der Waals surface area contributed by atoms with Crippen molar-refractivity contribution in [1.82, 2.24) is 15.0 Å². The molecular weight excluding hydrogens is 420 g/mol. The van der Waals surface area contributed by atoms with E-state index in [4.69, 9.17) is 8.83 Å². The molecule has 0 aliphatic carbocycles. The molecule has 0 atom stereocenters. The summed E-state index contributed by atoms with van der Waals surface area (Å²) in [6.45, 7) is 1.91. The van der Waals surface area contributed by atoms with Crippen LogP contribution in [0.2, 0.25) is 0 Å². The van der Waals surface area contributed by atoms with Gasteiger partial charge in [-0.2, -0.15) is 4.98 Å². The number of hydrogen-bond acceptors (Lipinski definition) is 8. The van der Waals surface area contributed by atoms with Crippen molar-refractivity contribution >= 4 is 21.8 Å². The number of amides is 1. The van der Waals surface area contributed by atoms with Crippen LogP contribution in [-0.4, -0.2) is 35.5 Å². The van der Waals surface area contributed by atoms with Crippen molar-refractivity contribution in [3.8, 4) is 22.6 Å². The van der Waals surface area contributed by atoms with Crippen molar-refractivity contribution in [2.75, 3.05) is 11.6 Å². The normalized spacial score (nSPS) is 11.4. The van der Waals surface area contributed by atoms with Crippen molar-refractivity contribution in [2.24, 2.45) is 0 Å². The predicted molar refractivity (Wildman–Crippen MR) is 112 cm³/mol. The molecule has 0 fully saturated rings. The Kier molecular flexibility index (Phi) is 5.38. The Hall–Kier alpha value is -3.79. The number of sulfone groups is 1. The minimum Gasteiger partial charge on any atom is -0.438 e. The van der Waals surface area contributed by atoms with Crippen LogP contribution < -0.4 is 5.32 Å². The minimum atomic E-state index is -3.33. The fraction of sp³-hybridized carbons (Fsp3) is 0.143. The maximum absolute atomic E-state index is 12.8. The fourth-order valence-electron chi connectivity index (χ4n) is 2.97. The molecule has 0 saturated heterocycles. The molecular formula is C21H18N4O5S. The molecule has 3 aromatic heterocycles. The predicted octanol–water partition coefficient (Wildman–Crippen LogP) is 3.61. The molecule has 31 heavy (non-hydrogen) atoms. The second-order valence-electron chi connectivity index (χ2n) is 6.64. The zero-order chi connectivity index (χ0) is 22.0. The van der Waals surface area contributed by atoms with Crippen molar-refractivity contribution in [3.63, 3.8) is 0 Å². The van der Waals surface area contributed by atoms with Gasteiger partial charge in [-0.1, -0.05) is 25.1 Å². The van der Waals surface area contributed by atoms with Gasteiger partial charge in [0, 0.05) is 24.4 Å². The van der Waals surface area contributed by atoms with E-state index in [1.54, 1.807) is 30.5 Å². The van der Waals surface area contributed by atoms with Gasteiger partial charge in [-0.3, -0.25) is 15.1 Å². The Bertz CT molecular complexity index is 1330. The van der Waals surface area contributed by atoms with E-state index in [0.29, 0.717) is 29.1 Å². The zero-order valence-electron chi connectivity index (χ0n) is 16.7. The first-order valence-electron chi connectivity index (χ1n) is 9.33. The molecule has 1 N–H and O–H groups in total. The number of carbonyl (C=O) groups excluding carboxylic acids is 1. The molecule has 0 aliphatic rings. The molecule has 0 spiro atoms. The second-order valence-corrected chi connectivity index (χ2v) is 8.66. The Morgan fingerprint density at radius 3 is 2.48 bits per heavy atom. The molecule has 10 heteroatoms. The maximum atomic E-state index is 12.8. The number of aryl methyl sites for hydroxylation is 1. The third-order valence-corrected chi connectivity index (χ3v) is 5.60. The lowest BCUT2D eigenvalue weighted by Gasteiger charge is -2.03. The summed E-state index contributed by atoms with van der Waals surface area (Å²) in [4.78, 5) is 25.7. The molecule has 0 radical (unpaired) electrons. The number of hydrogen-bond donors (Lipinski definition) is 1. The highest BCUT2D eigenvalue weighted by atomic mass is 32.2. The highest BCUT2D eigenvalue weighted by molar-refractivity contribution is 7.90. The van der Waals surface area contributed by atoms with E-state index < -0.39 is 15.7 Å². The first-order valence-corrected chi connectivity index (χ1v) is 11.2. The number of oxazole rings is 2. The Morgan fingerprint density at radius 1 is 1.06 bits per heavy atom. The standard InChI is InChI=1S/C21H18N4O5S/c1-3-16-18(15-6-4-5-11-22-15)24-21(30-16)25-20(26)19-17(23-12-29-19)13-7-9-14(10-8-13)31(2,27)28/h4-12H,3H2,1-2H3,(H,24,25,26). The summed E-state index contributed by atoms with van der Waals surface area (Å²) in [5, 5.41) is 2.58. The van der Waals surface area contributed by atoms with Gasteiger partial charge in [-0.15, -0.1) is 0 Å². The van der Waals surface area contributed by atoms with Gasteiger partial charge in [0.25, 0.3) is 5.91 Å². The highest BCUT2D eigenvalue weighted by Crippen LogP contribution is 2.27. The van der Waals surface area contributed by atoms with Crippen molar-refractivity contribution in [1.29, 1.82) is 0 Å². The molecule has 3 heterocycles. The van der Waals surface area contributed by atoms with Crippen LogP contribution in [0, 0.1) is 0 Å². The summed E-state index contributed by atoms with van der Waals surface area (Å²) in [6, 6.07) is 11.5. The molecule has 0 unspecified atom stereocenters. The van der Waals surface area contributed by atoms with E-state index in [1.165, 1.54) is 12.1 Å². The summed E-state index contributed by atoms with van der Waals surface area (Å²) in [5.41, 5.74) is 1.98. The Labute approximate surface area is 178 Å². The number of nitrogens with zero attached hydrogens (tertiary/aromatic N) is 3. The topological polar surface area (TPSA) is 128 Å². The van der Waals surface area contributed by atoms with Gasteiger partial charge in [0.15, 0.2) is 16.2 Å². The Balaban J connectivity index is 1.60. The lowest BCUT2D eigenvalue weighted by Crippen LogP contribution is -2.12. The summed E-state index contributed by atoms with van der Waals surface area (Å²) >= 11 is 0. The summed E-state index contributed by atoms with van der Waals surface area (Å²) in [7, 11) is -3.33. The van der Waals surface area contributed by atoms with Crippen LogP contribution in [-0.2, 0) is 16.3 Å². The quantitative estimate of drug-likeness (QED) is 0.483. The first-order chi connectivity index (χ1) is 14.9. The monoisotopic (exact) mass is 438 g/mol. The molecule has 9 nitrogen and oxygen atoms in total. The molecule has 4 rings (SSSR count). The zero-order valence-corrected chi connectivity index (χ0v) is 17.5. The molecule has 4 aromatic rings. The number of pyridine rings is 1. The lowest BCUT2D eigenvalue weighted by atomic mass is 10.1. The number of aromatic nitrogens is 3. The lowest BCUT2D eigenvalue weighted by molar-refractivity contribution is 0.0994. The SMILES string of the molecule is CCc1oc(NC(=O)c2ocnc2-c2ccc(S(C)(=O)=O)cc2)nc1-c1ccccn1. The minimum absolute atomic E-state index is 0.0114. The summed E-state index contributed by atoms with van der Waals surface area (Å²) in [6.07, 6.45) is 4.48. The van der Waals surface area contributed by atoms with Crippen LogP contribution in [0.4, 0.5) is 6.01 Å². The van der Waals surface area contributed by atoms with E-state index in [0.717, 1.165) is 12.6 Å². The highest BCUT2D eigenvalue weighted by Gasteiger charge is 2.22. The van der Waals surface area contributed by atoms with Crippen LogP contribution in [0.25, 0.3) is 22.6 Å². The van der Waals surface area contributed by atoms with Gasteiger partial charge in [-0.25, -0.2) is 13.4 Å². The number of anilines is 1. The third kappa shape index (κ3) is 4.24. The van der Waals surface area contributed by atoms with Crippen molar-refractivity contribution in [2.45, 2.75) is 18.2 Å². The first kappa shape index (κ1) is 20.5. The van der Waals surface area contributed by atoms with Gasteiger partial charge in [0.2, 0.25) is 5.76 Å². The van der Waals surface area contributed by atoms with E-state index in [9.17, 15) is 13.2 Å². The van der Waals surface area contributed by atoms with Crippen LogP contribution in [0.1, 0.15) is 23.2 Å². The summed E-state index contributed by atoms with van der Waals surface area (Å²) < 4.78 is 34.2. The van der Waals surface area contributed by atoms with Gasteiger partial charge in [-0.05, 0) is 24.3 Å². The average molecular weight is 438 g/mol. The van der Waals surface area contributed by atoms with Gasteiger partial charge in [0.05, 0.1) is 10.6 Å². The van der Waals surface area contributed by atoms with Crippen LogP contribution in [0.3, 0.4) is 0 Å². The second kappa shape index (κ2) is 8.15. The van der Waals surface area contributed by atoms with E-state index in [-0.39, 0.29) is 22.4 Å². The van der Waals surface area contributed by atoms with Crippen LogP contribution in [0.15, 0.2) is 68.8 Å². The van der Waals surface area contributed by atoms with Gasteiger partial charge >= 0.3 is 6.01 Å². The number of carbonyl (C=O) groups is 1. The van der Waals surface area contributed by atoms with Crippen molar-refractivity contribution < 1.29 is 22.0 Å². The molecule has 0 saturated carbocycles. The van der Waals surface area contributed by atoms with Crippen molar-refractivity contribution in [3.05, 3.63) is 66.6 Å². The number of rotatable bonds is 6. The fourth-order valence-corrected chi connectivity index (χ4v) is 3.61. The molecule has 158 valence electrons. The smallest absolute Gasteiger partial charge is 0.302 e.